The number of para-hydroxylation sites is 1. The Hall–Kier alpha value is -2.53. The van der Waals surface area contributed by atoms with Gasteiger partial charge in [-0.25, -0.2) is 4.79 Å². The van der Waals surface area contributed by atoms with Gasteiger partial charge in [0.2, 0.25) is 0 Å². The van der Waals surface area contributed by atoms with Crippen LogP contribution in [0.2, 0.25) is 0 Å². The van der Waals surface area contributed by atoms with Crippen LogP contribution in [0.5, 0.6) is 0 Å². The van der Waals surface area contributed by atoms with E-state index < -0.39 is 0 Å². The average molecular weight is 380 g/mol. The summed E-state index contributed by atoms with van der Waals surface area (Å²) < 4.78 is 7.32. The van der Waals surface area contributed by atoms with E-state index in [0.29, 0.717) is 12.2 Å². The van der Waals surface area contributed by atoms with Crippen molar-refractivity contribution >= 4 is 23.4 Å². The predicted octanol–water partition coefficient (Wildman–Crippen LogP) is 4.12. The summed E-state index contributed by atoms with van der Waals surface area (Å²) in [6.07, 6.45) is 10.7. The zero-order valence-corrected chi connectivity index (χ0v) is 16.6. The van der Waals surface area contributed by atoms with Crippen LogP contribution in [0.15, 0.2) is 36.7 Å². The van der Waals surface area contributed by atoms with Crippen LogP contribution in [0.4, 0.5) is 5.69 Å². The highest BCUT2D eigenvalue weighted by Crippen LogP contribution is 2.31. The lowest BCUT2D eigenvalue weighted by Crippen LogP contribution is -2.20. The molecule has 0 spiro atoms. The molecule has 0 saturated carbocycles. The van der Waals surface area contributed by atoms with Crippen LogP contribution < -0.4 is 5.32 Å². The van der Waals surface area contributed by atoms with Gasteiger partial charge in [0, 0.05) is 36.4 Å². The monoisotopic (exact) mass is 379 g/mol. The normalized spacial score (nSPS) is 17.7. The second kappa shape index (κ2) is 8.65. The Kier molecular flexibility index (Phi) is 5.81. The van der Waals surface area contributed by atoms with Gasteiger partial charge >= 0.3 is 5.97 Å². The van der Waals surface area contributed by atoms with Crippen LogP contribution >= 0.6 is 0 Å². The number of hydrogen-bond donors (Lipinski definition) is 1. The minimum absolute atomic E-state index is 0.222. The van der Waals surface area contributed by atoms with Gasteiger partial charge in [-0.2, -0.15) is 0 Å². The highest BCUT2D eigenvalue weighted by atomic mass is 16.5. The van der Waals surface area contributed by atoms with Crippen LogP contribution in [-0.4, -0.2) is 48.2 Å². The molecule has 2 aromatic rings. The summed E-state index contributed by atoms with van der Waals surface area (Å²) in [4.78, 5) is 15.0. The number of hydrogen-bond acceptors (Lipinski definition) is 4. The van der Waals surface area contributed by atoms with Gasteiger partial charge in [0.1, 0.15) is 0 Å². The summed E-state index contributed by atoms with van der Waals surface area (Å²) in [5.41, 5.74) is 5.39. The first kappa shape index (κ1) is 18.8. The molecule has 5 nitrogen and oxygen atoms in total. The fourth-order valence-corrected chi connectivity index (χ4v) is 4.18. The third-order valence-electron chi connectivity index (χ3n) is 5.59. The van der Waals surface area contributed by atoms with Crippen molar-refractivity contribution < 1.29 is 9.53 Å². The summed E-state index contributed by atoms with van der Waals surface area (Å²) in [7, 11) is 0. The smallest absolute Gasteiger partial charge is 0.339 e. The Bertz CT molecular complexity index is 862. The minimum Gasteiger partial charge on any atom is -0.462 e. The Balaban J connectivity index is 1.53. The molecule has 2 aliphatic rings. The third-order valence-corrected chi connectivity index (χ3v) is 5.59. The number of aryl methyl sites for hydroxylation is 1. The number of nitrogens with one attached hydrogen (secondary N) is 1. The molecule has 2 aliphatic heterocycles. The van der Waals surface area contributed by atoms with Crippen molar-refractivity contribution in [3.8, 4) is 0 Å². The van der Waals surface area contributed by atoms with Gasteiger partial charge in [0.25, 0.3) is 0 Å². The summed E-state index contributed by atoms with van der Waals surface area (Å²) in [6.45, 7) is 6.58. The molecule has 0 bridgehead atoms. The molecular formula is C23H29N3O2. The maximum Gasteiger partial charge on any atom is 0.339 e. The second-order valence-corrected chi connectivity index (χ2v) is 7.57. The molecule has 1 aromatic carbocycles. The highest BCUT2D eigenvalue weighted by Gasteiger charge is 2.18. The number of carbonyl (C=O) groups is 1. The molecule has 148 valence electrons. The first-order valence-corrected chi connectivity index (χ1v) is 10.4. The van der Waals surface area contributed by atoms with E-state index in [2.05, 4.69) is 40.8 Å². The summed E-state index contributed by atoms with van der Waals surface area (Å²) >= 11 is 0. The Morgan fingerprint density at radius 3 is 2.86 bits per heavy atom. The standard InChI is InChI=1S/C23H29N3O2/c1-2-28-23(27)21-17-26(15-18(21)8-7-13-25-11-5-6-12-25)16-19-14-24-22-10-4-3-9-20(19)22/h3-4,9-10,15-17,24H,2,5-8,11-14H2,1H3. The lowest BCUT2D eigenvalue weighted by atomic mass is 10.1. The average Bonchev–Trinajstić information content (AvgIpc) is 3.43. The number of carbonyl (C=O) groups excluding carboxylic acids is 1. The van der Waals surface area contributed by atoms with E-state index in [1.165, 1.54) is 37.1 Å². The van der Waals surface area contributed by atoms with Gasteiger partial charge in [-0.05, 0) is 69.4 Å². The maximum absolute atomic E-state index is 12.5. The van der Waals surface area contributed by atoms with E-state index in [1.54, 1.807) is 0 Å². The topological polar surface area (TPSA) is 46.5 Å². The summed E-state index contributed by atoms with van der Waals surface area (Å²) in [6, 6.07) is 8.33. The number of likely N-dealkylation sites (tertiary alicyclic amines) is 1. The van der Waals surface area contributed by atoms with Crippen LogP contribution in [-0.2, 0) is 11.2 Å². The highest BCUT2D eigenvalue weighted by molar-refractivity contribution is 5.92. The molecule has 0 unspecified atom stereocenters. The van der Waals surface area contributed by atoms with Crippen molar-refractivity contribution in [3.63, 3.8) is 0 Å². The van der Waals surface area contributed by atoms with E-state index in [9.17, 15) is 4.79 Å². The zero-order chi connectivity index (χ0) is 19.3. The van der Waals surface area contributed by atoms with E-state index in [1.807, 2.05) is 23.8 Å². The van der Waals surface area contributed by atoms with Gasteiger partial charge in [-0.3, -0.25) is 0 Å². The molecule has 1 N–H and O–H groups in total. The number of esters is 1. The molecule has 0 radical (unpaired) electrons. The van der Waals surface area contributed by atoms with Crippen LogP contribution in [0.25, 0.3) is 11.8 Å². The van der Waals surface area contributed by atoms with Crippen molar-refractivity contribution in [2.45, 2.75) is 32.6 Å². The first-order chi connectivity index (χ1) is 13.7. The first-order valence-electron chi connectivity index (χ1n) is 10.4. The number of nitrogens with zero attached hydrogens (tertiary/aromatic N) is 2. The molecule has 28 heavy (non-hydrogen) atoms. The molecule has 4 rings (SSSR count). The molecular weight excluding hydrogens is 350 g/mol. The van der Waals surface area contributed by atoms with Crippen molar-refractivity contribution in [3.05, 3.63) is 53.3 Å². The Labute approximate surface area is 167 Å². The Morgan fingerprint density at radius 2 is 2.04 bits per heavy atom. The third kappa shape index (κ3) is 4.14. The largest absolute Gasteiger partial charge is 0.462 e. The molecule has 1 saturated heterocycles. The number of aromatic nitrogens is 1. The number of fused-ring (bicyclic) bond motifs is 1. The molecule has 5 heteroatoms. The fourth-order valence-electron chi connectivity index (χ4n) is 4.18. The fraction of sp³-hybridized carbons (Fsp3) is 0.435. The summed E-state index contributed by atoms with van der Waals surface area (Å²) in [5, 5.41) is 3.42. The van der Waals surface area contributed by atoms with Crippen molar-refractivity contribution in [2.75, 3.05) is 38.1 Å². The number of ether oxygens (including phenoxy) is 1. The van der Waals surface area contributed by atoms with Gasteiger partial charge < -0.3 is 19.5 Å². The molecule has 1 fully saturated rings. The van der Waals surface area contributed by atoms with E-state index in [0.717, 1.165) is 37.2 Å². The van der Waals surface area contributed by atoms with Gasteiger partial charge in [-0.1, -0.05) is 18.2 Å². The van der Waals surface area contributed by atoms with Crippen LogP contribution in [0.1, 0.15) is 47.7 Å². The molecule has 0 aliphatic carbocycles. The SMILES string of the molecule is CCOC(=O)c1cn(C=C2CNc3ccccc32)cc1CCCN1CCCC1. The van der Waals surface area contributed by atoms with E-state index in [4.69, 9.17) is 4.74 Å². The van der Waals surface area contributed by atoms with Crippen LogP contribution in [0.3, 0.4) is 0 Å². The molecule has 0 atom stereocenters. The van der Waals surface area contributed by atoms with Crippen molar-refractivity contribution in [1.82, 2.24) is 9.47 Å². The molecule has 3 heterocycles. The molecule has 1 aromatic heterocycles. The predicted molar refractivity (Wildman–Crippen MR) is 113 cm³/mol. The minimum atomic E-state index is -0.222. The van der Waals surface area contributed by atoms with Crippen LogP contribution in [0, 0.1) is 0 Å². The van der Waals surface area contributed by atoms with E-state index in [-0.39, 0.29) is 5.97 Å². The summed E-state index contributed by atoms with van der Waals surface area (Å²) in [5.74, 6) is -0.222. The lowest BCUT2D eigenvalue weighted by molar-refractivity contribution is 0.0525. The van der Waals surface area contributed by atoms with E-state index >= 15 is 0 Å². The quantitative estimate of drug-likeness (QED) is 0.735. The number of benzene rings is 1. The zero-order valence-electron chi connectivity index (χ0n) is 16.6. The van der Waals surface area contributed by atoms with Crippen molar-refractivity contribution in [1.29, 1.82) is 0 Å². The number of rotatable bonds is 7. The number of anilines is 1. The van der Waals surface area contributed by atoms with Gasteiger partial charge in [0.15, 0.2) is 0 Å². The Morgan fingerprint density at radius 1 is 1.21 bits per heavy atom. The second-order valence-electron chi connectivity index (χ2n) is 7.57. The van der Waals surface area contributed by atoms with Crippen molar-refractivity contribution in [2.24, 2.45) is 0 Å². The lowest BCUT2D eigenvalue weighted by Gasteiger charge is -2.13. The van der Waals surface area contributed by atoms with Gasteiger partial charge in [0.05, 0.1) is 12.2 Å². The van der Waals surface area contributed by atoms with Gasteiger partial charge in [-0.15, -0.1) is 0 Å². The maximum atomic E-state index is 12.5. The molecule has 0 amide bonds.